The van der Waals surface area contributed by atoms with Gasteiger partial charge in [-0.15, -0.1) is 23.5 Å². The molecule has 8 heteroatoms. The standard InChI is InChI=1S/C19H18N2O3S3/c1-23-14-7-4-8-15-17(14)21-19(27-15)20-16(22)11-24-13-6-3-2-5-12(13)18-25-9-10-26-18/h2-8,18H,9-11H2,1H3,(H,20,21,22). The molecule has 0 unspecified atom stereocenters. The molecule has 1 saturated heterocycles. The Bertz CT molecular complexity index is 954. The van der Waals surface area contributed by atoms with Gasteiger partial charge in [0.15, 0.2) is 11.7 Å². The summed E-state index contributed by atoms with van der Waals surface area (Å²) in [6.07, 6.45) is 0. The Labute approximate surface area is 169 Å². The molecule has 0 atom stereocenters. The van der Waals surface area contributed by atoms with Gasteiger partial charge in [0.05, 0.1) is 16.4 Å². The van der Waals surface area contributed by atoms with Gasteiger partial charge in [-0.25, -0.2) is 4.98 Å². The highest BCUT2D eigenvalue weighted by Gasteiger charge is 2.22. The molecule has 1 aliphatic rings. The van der Waals surface area contributed by atoms with Crippen LogP contribution in [0.25, 0.3) is 10.2 Å². The molecule has 0 spiro atoms. The molecule has 2 heterocycles. The number of aromatic nitrogens is 1. The quantitative estimate of drug-likeness (QED) is 0.620. The number of carbonyl (C=O) groups is 1. The van der Waals surface area contributed by atoms with Gasteiger partial charge >= 0.3 is 0 Å². The lowest BCUT2D eigenvalue weighted by Crippen LogP contribution is -2.20. The second kappa shape index (κ2) is 8.41. The number of hydrogen-bond donors (Lipinski definition) is 1. The third kappa shape index (κ3) is 4.17. The van der Waals surface area contributed by atoms with Crippen molar-refractivity contribution in [2.45, 2.75) is 4.58 Å². The van der Waals surface area contributed by atoms with Gasteiger partial charge in [-0.1, -0.05) is 35.6 Å². The molecule has 1 aliphatic heterocycles. The highest BCUT2D eigenvalue weighted by Crippen LogP contribution is 2.48. The lowest BCUT2D eigenvalue weighted by molar-refractivity contribution is -0.118. The van der Waals surface area contributed by atoms with E-state index in [1.807, 2.05) is 59.9 Å². The van der Waals surface area contributed by atoms with Crippen molar-refractivity contribution >= 4 is 56.1 Å². The van der Waals surface area contributed by atoms with Gasteiger partial charge in [0.25, 0.3) is 5.91 Å². The Hall–Kier alpha value is -1.90. The molecular formula is C19H18N2O3S3. The number of para-hydroxylation sites is 2. The van der Waals surface area contributed by atoms with Gasteiger partial charge in [0, 0.05) is 17.1 Å². The number of nitrogens with one attached hydrogen (secondary N) is 1. The fourth-order valence-corrected chi connectivity index (χ4v) is 6.59. The number of fused-ring (bicyclic) bond motifs is 1. The van der Waals surface area contributed by atoms with Gasteiger partial charge in [0.1, 0.15) is 17.0 Å². The number of carbonyl (C=O) groups excluding carboxylic acids is 1. The number of ether oxygens (including phenoxy) is 2. The largest absolute Gasteiger partial charge is 0.494 e. The summed E-state index contributed by atoms with van der Waals surface area (Å²) < 4.78 is 12.5. The number of methoxy groups -OCH3 is 1. The molecule has 5 nitrogen and oxygen atoms in total. The van der Waals surface area contributed by atoms with E-state index in [1.54, 1.807) is 7.11 Å². The lowest BCUT2D eigenvalue weighted by atomic mass is 10.2. The zero-order valence-corrected chi connectivity index (χ0v) is 17.1. The van der Waals surface area contributed by atoms with Crippen molar-refractivity contribution in [2.24, 2.45) is 0 Å². The van der Waals surface area contributed by atoms with Crippen molar-refractivity contribution in [3.63, 3.8) is 0 Å². The van der Waals surface area contributed by atoms with Gasteiger partial charge in [-0.3, -0.25) is 10.1 Å². The predicted octanol–water partition coefficient (Wildman–Crippen LogP) is 4.80. The minimum atomic E-state index is -0.227. The molecular weight excluding hydrogens is 400 g/mol. The first-order chi connectivity index (χ1) is 13.2. The first-order valence-electron chi connectivity index (χ1n) is 8.43. The Morgan fingerprint density at radius 3 is 2.74 bits per heavy atom. The Morgan fingerprint density at radius 2 is 1.93 bits per heavy atom. The van der Waals surface area contributed by atoms with Gasteiger partial charge in [-0.2, -0.15) is 0 Å². The van der Waals surface area contributed by atoms with Crippen LogP contribution in [0, 0.1) is 0 Å². The van der Waals surface area contributed by atoms with Crippen molar-refractivity contribution in [1.82, 2.24) is 4.98 Å². The summed E-state index contributed by atoms with van der Waals surface area (Å²) in [6, 6.07) is 13.6. The average molecular weight is 419 g/mol. The van der Waals surface area contributed by atoms with E-state index < -0.39 is 0 Å². The normalized spacial score (nSPS) is 14.4. The third-order valence-electron chi connectivity index (χ3n) is 4.00. The molecule has 0 bridgehead atoms. The van der Waals surface area contributed by atoms with E-state index >= 15 is 0 Å². The SMILES string of the molecule is COc1cccc2sc(NC(=O)COc3ccccc3C3SCCS3)nc12. The summed E-state index contributed by atoms with van der Waals surface area (Å²) in [6.45, 7) is -0.0495. The van der Waals surface area contributed by atoms with Crippen LogP contribution in [0.3, 0.4) is 0 Å². The maximum absolute atomic E-state index is 12.3. The van der Waals surface area contributed by atoms with Crippen LogP contribution in [0.2, 0.25) is 0 Å². The molecule has 1 fully saturated rings. The van der Waals surface area contributed by atoms with Crippen LogP contribution in [0.1, 0.15) is 10.1 Å². The third-order valence-corrected chi connectivity index (χ3v) is 8.01. The van der Waals surface area contributed by atoms with Crippen LogP contribution in [0.4, 0.5) is 5.13 Å². The molecule has 1 N–H and O–H groups in total. The van der Waals surface area contributed by atoms with Crippen molar-refractivity contribution in [1.29, 1.82) is 0 Å². The number of anilines is 1. The van der Waals surface area contributed by atoms with Crippen molar-refractivity contribution < 1.29 is 14.3 Å². The van der Waals surface area contributed by atoms with Crippen LogP contribution < -0.4 is 14.8 Å². The zero-order chi connectivity index (χ0) is 18.6. The molecule has 1 aromatic heterocycles. The summed E-state index contributed by atoms with van der Waals surface area (Å²) in [5.41, 5.74) is 1.89. The molecule has 27 heavy (non-hydrogen) atoms. The summed E-state index contributed by atoms with van der Waals surface area (Å²) in [5.74, 6) is 3.53. The number of thiazole rings is 1. The lowest BCUT2D eigenvalue weighted by Gasteiger charge is -2.14. The van der Waals surface area contributed by atoms with Crippen LogP contribution in [-0.4, -0.2) is 36.1 Å². The number of rotatable bonds is 6. The fraction of sp³-hybridized carbons (Fsp3) is 0.263. The van der Waals surface area contributed by atoms with Gasteiger partial charge in [-0.05, 0) is 18.2 Å². The van der Waals surface area contributed by atoms with Crippen molar-refractivity contribution in [3.05, 3.63) is 48.0 Å². The minimum Gasteiger partial charge on any atom is -0.494 e. The van der Waals surface area contributed by atoms with E-state index in [0.717, 1.165) is 33.0 Å². The van der Waals surface area contributed by atoms with Crippen molar-refractivity contribution in [2.75, 3.05) is 30.5 Å². The van der Waals surface area contributed by atoms with E-state index in [4.69, 9.17) is 9.47 Å². The Morgan fingerprint density at radius 1 is 1.15 bits per heavy atom. The second-order valence-corrected chi connectivity index (χ2v) is 9.53. The first-order valence-corrected chi connectivity index (χ1v) is 11.3. The average Bonchev–Trinajstić information content (AvgIpc) is 3.35. The van der Waals surface area contributed by atoms with E-state index in [0.29, 0.717) is 15.5 Å². The number of benzene rings is 2. The number of thioether (sulfide) groups is 2. The summed E-state index contributed by atoms with van der Waals surface area (Å²) in [5, 5.41) is 3.36. The molecule has 0 radical (unpaired) electrons. The zero-order valence-electron chi connectivity index (χ0n) is 14.6. The Kier molecular flexibility index (Phi) is 5.75. The van der Waals surface area contributed by atoms with Crippen LogP contribution in [0.5, 0.6) is 11.5 Å². The molecule has 0 saturated carbocycles. The number of nitrogens with zero attached hydrogens (tertiary/aromatic N) is 1. The van der Waals surface area contributed by atoms with E-state index in [-0.39, 0.29) is 12.5 Å². The first kappa shape index (κ1) is 18.5. The van der Waals surface area contributed by atoms with Gasteiger partial charge in [0.2, 0.25) is 0 Å². The summed E-state index contributed by atoms with van der Waals surface area (Å²) >= 11 is 5.24. The molecule has 2 aromatic carbocycles. The topological polar surface area (TPSA) is 60.5 Å². The molecule has 1 amide bonds. The van der Waals surface area contributed by atoms with E-state index in [9.17, 15) is 4.79 Å². The van der Waals surface area contributed by atoms with Crippen LogP contribution in [0.15, 0.2) is 42.5 Å². The molecule has 0 aliphatic carbocycles. The van der Waals surface area contributed by atoms with Crippen LogP contribution in [-0.2, 0) is 4.79 Å². The highest BCUT2D eigenvalue weighted by molar-refractivity contribution is 8.19. The fourth-order valence-electron chi connectivity index (χ4n) is 2.78. The van der Waals surface area contributed by atoms with E-state index in [1.165, 1.54) is 11.3 Å². The van der Waals surface area contributed by atoms with Gasteiger partial charge < -0.3 is 9.47 Å². The van der Waals surface area contributed by atoms with Crippen LogP contribution >= 0.6 is 34.9 Å². The minimum absolute atomic E-state index is 0.0495. The molecule has 140 valence electrons. The van der Waals surface area contributed by atoms with E-state index in [2.05, 4.69) is 16.4 Å². The maximum atomic E-state index is 12.3. The maximum Gasteiger partial charge on any atom is 0.264 e. The van der Waals surface area contributed by atoms with Crippen molar-refractivity contribution in [3.8, 4) is 11.5 Å². The number of amides is 1. The molecule has 4 rings (SSSR count). The monoisotopic (exact) mass is 418 g/mol. The molecule has 3 aromatic rings. The second-order valence-electron chi connectivity index (χ2n) is 5.77. The number of hydrogen-bond acceptors (Lipinski definition) is 7. The smallest absolute Gasteiger partial charge is 0.264 e. The predicted molar refractivity (Wildman–Crippen MR) is 114 cm³/mol. The Balaban J connectivity index is 1.42. The highest BCUT2D eigenvalue weighted by atomic mass is 32.2. The summed E-state index contributed by atoms with van der Waals surface area (Å²) in [7, 11) is 1.61. The summed E-state index contributed by atoms with van der Waals surface area (Å²) in [4.78, 5) is 16.8.